The van der Waals surface area contributed by atoms with Crippen LogP contribution in [0.4, 0.5) is 9.80 Å². The number of thioether (sulfide) groups is 1. The van der Waals surface area contributed by atoms with Crippen molar-refractivity contribution in [1.29, 1.82) is 0 Å². The van der Waals surface area contributed by atoms with E-state index in [2.05, 4.69) is 5.32 Å². The van der Waals surface area contributed by atoms with E-state index in [0.717, 1.165) is 21.1 Å². The van der Waals surface area contributed by atoms with E-state index in [1.165, 1.54) is 11.3 Å². The van der Waals surface area contributed by atoms with E-state index in [9.17, 15) is 14.4 Å². The number of nitrogens with zero attached hydrogens (tertiary/aromatic N) is 1. The molecule has 0 bridgehead atoms. The Balaban J connectivity index is 1.63. The van der Waals surface area contributed by atoms with Gasteiger partial charge >= 0.3 is 12.1 Å². The highest BCUT2D eigenvalue weighted by Gasteiger charge is 2.31. The number of ether oxygens (including phenoxy) is 2. The number of halogens is 1. The summed E-state index contributed by atoms with van der Waals surface area (Å²) in [5.74, 6) is 0.182. The maximum atomic E-state index is 12.7. The van der Waals surface area contributed by atoms with Crippen molar-refractivity contribution in [1.82, 2.24) is 4.90 Å². The molecule has 0 saturated carbocycles. The van der Waals surface area contributed by atoms with Crippen LogP contribution in [-0.4, -0.2) is 48.4 Å². The Bertz CT molecular complexity index is 993. The van der Waals surface area contributed by atoms with Gasteiger partial charge in [-0.3, -0.25) is 4.79 Å². The highest BCUT2D eigenvalue weighted by molar-refractivity contribution is 7.99. The predicted molar refractivity (Wildman–Crippen MR) is 131 cm³/mol. The van der Waals surface area contributed by atoms with Gasteiger partial charge in [0.15, 0.2) is 0 Å². The van der Waals surface area contributed by atoms with E-state index in [-0.39, 0.29) is 18.6 Å². The monoisotopic (exact) mass is 510 g/mol. The fourth-order valence-corrected chi connectivity index (χ4v) is 5.67. The quantitative estimate of drug-likeness (QED) is 0.268. The molecule has 0 saturated heterocycles. The van der Waals surface area contributed by atoms with Crippen molar-refractivity contribution in [3.8, 4) is 0 Å². The first kappa shape index (κ1) is 25.4. The van der Waals surface area contributed by atoms with E-state index < -0.39 is 5.97 Å². The van der Waals surface area contributed by atoms with E-state index in [4.69, 9.17) is 21.1 Å². The maximum Gasteiger partial charge on any atom is 0.410 e. The number of thiophene rings is 1. The molecule has 0 spiro atoms. The van der Waals surface area contributed by atoms with Gasteiger partial charge in [0.1, 0.15) is 5.00 Å². The number of esters is 1. The van der Waals surface area contributed by atoms with Gasteiger partial charge in [0.05, 0.1) is 25.3 Å². The van der Waals surface area contributed by atoms with Gasteiger partial charge in [-0.15, -0.1) is 23.1 Å². The molecule has 0 atom stereocenters. The van der Waals surface area contributed by atoms with E-state index in [1.54, 1.807) is 30.5 Å². The van der Waals surface area contributed by atoms with Gasteiger partial charge in [-0.25, -0.2) is 9.59 Å². The summed E-state index contributed by atoms with van der Waals surface area (Å²) >= 11 is 8.88. The molecule has 0 radical (unpaired) electrons. The zero-order valence-electron chi connectivity index (χ0n) is 18.6. The van der Waals surface area contributed by atoms with Crippen LogP contribution >= 0.6 is 34.7 Å². The Morgan fingerprint density at radius 2 is 1.88 bits per heavy atom. The smallest absolute Gasteiger partial charge is 0.410 e. The second kappa shape index (κ2) is 12.3. The van der Waals surface area contributed by atoms with Crippen LogP contribution in [0.5, 0.6) is 0 Å². The molecule has 3 rings (SSSR count). The normalized spacial score (nSPS) is 12.8. The van der Waals surface area contributed by atoms with Crippen LogP contribution in [0.15, 0.2) is 29.2 Å². The Labute approximate surface area is 206 Å². The third-order valence-corrected chi connectivity index (χ3v) is 7.43. The topological polar surface area (TPSA) is 84.9 Å². The fraction of sp³-hybridized carbons (Fsp3) is 0.435. The van der Waals surface area contributed by atoms with Crippen LogP contribution in [0.3, 0.4) is 0 Å². The lowest BCUT2D eigenvalue weighted by Crippen LogP contribution is -2.36. The molecule has 0 fully saturated rings. The van der Waals surface area contributed by atoms with Gasteiger partial charge in [0.25, 0.3) is 0 Å². The van der Waals surface area contributed by atoms with Crippen LogP contribution in [0.2, 0.25) is 5.02 Å². The highest BCUT2D eigenvalue weighted by atomic mass is 35.5. The summed E-state index contributed by atoms with van der Waals surface area (Å²) in [6.45, 7) is 4.85. The van der Waals surface area contributed by atoms with Gasteiger partial charge in [0, 0.05) is 27.8 Å². The minimum atomic E-state index is -0.451. The van der Waals surface area contributed by atoms with Crippen molar-refractivity contribution in [2.45, 2.75) is 44.6 Å². The molecule has 2 amide bonds. The lowest BCUT2D eigenvalue weighted by atomic mass is 10.0. The number of hydrogen-bond acceptors (Lipinski definition) is 7. The Morgan fingerprint density at radius 3 is 2.58 bits per heavy atom. The first-order valence-corrected chi connectivity index (χ1v) is 13.0. The van der Waals surface area contributed by atoms with E-state index in [0.29, 0.717) is 54.5 Å². The average molecular weight is 511 g/mol. The molecular formula is C23H27ClN2O5S2. The molecule has 10 heteroatoms. The van der Waals surface area contributed by atoms with Crippen LogP contribution < -0.4 is 5.32 Å². The van der Waals surface area contributed by atoms with Gasteiger partial charge in [-0.2, -0.15) is 0 Å². The molecule has 1 aliphatic heterocycles. The number of amides is 2. The molecule has 1 aliphatic rings. The summed E-state index contributed by atoms with van der Waals surface area (Å²) in [4.78, 5) is 40.9. The summed E-state index contributed by atoms with van der Waals surface area (Å²) in [6.07, 6.45) is 1.15. The molecule has 2 heterocycles. The molecule has 1 N–H and O–H groups in total. The van der Waals surface area contributed by atoms with Crippen molar-refractivity contribution in [3.05, 3.63) is 45.3 Å². The molecule has 7 nitrogen and oxygen atoms in total. The molecule has 0 unspecified atom stereocenters. The Morgan fingerprint density at radius 1 is 1.15 bits per heavy atom. The summed E-state index contributed by atoms with van der Waals surface area (Å²) in [6, 6.07) is 7.59. The number of anilines is 1. The molecule has 33 heavy (non-hydrogen) atoms. The van der Waals surface area contributed by atoms with Crippen molar-refractivity contribution in [3.63, 3.8) is 0 Å². The molecular weight excluding hydrogens is 484 g/mol. The zero-order valence-corrected chi connectivity index (χ0v) is 21.0. The predicted octanol–water partition coefficient (Wildman–Crippen LogP) is 5.60. The Hall–Kier alpha value is -2.23. The maximum absolute atomic E-state index is 12.7. The molecule has 1 aromatic heterocycles. The van der Waals surface area contributed by atoms with Gasteiger partial charge in [-0.05, 0) is 62.3 Å². The second-order valence-corrected chi connectivity index (χ2v) is 9.96. The highest BCUT2D eigenvalue weighted by Crippen LogP contribution is 2.38. The first-order valence-electron chi connectivity index (χ1n) is 10.8. The number of nitrogens with one attached hydrogen (secondary N) is 1. The third kappa shape index (κ3) is 6.88. The van der Waals surface area contributed by atoms with Crippen LogP contribution in [0, 0.1) is 0 Å². The number of carbonyl (C=O) groups is 3. The molecule has 0 aliphatic carbocycles. The van der Waals surface area contributed by atoms with Crippen molar-refractivity contribution < 1.29 is 23.9 Å². The van der Waals surface area contributed by atoms with Crippen molar-refractivity contribution >= 4 is 57.7 Å². The lowest BCUT2D eigenvalue weighted by Gasteiger charge is -2.26. The third-order valence-electron chi connectivity index (χ3n) is 4.95. The SMILES string of the molecule is CCOC(=O)c1c(NC(=O)CCCSc2ccc(Cl)cc2)sc2c1CCN(C(=O)OCC)C2. The lowest BCUT2D eigenvalue weighted by molar-refractivity contribution is -0.116. The van der Waals surface area contributed by atoms with Crippen molar-refractivity contribution in [2.75, 3.05) is 30.8 Å². The van der Waals surface area contributed by atoms with Crippen molar-refractivity contribution in [2.24, 2.45) is 0 Å². The van der Waals surface area contributed by atoms with Crippen LogP contribution in [0.1, 0.15) is 47.5 Å². The number of hydrogen-bond donors (Lipinski definition) is 1. The number of benzene rings is 1. The Kier molecular flexibility index (Phi) is 9.46. The standard InChI is InChI=1S/C23H27ClN2O5S2/c1-3-30-22(28)20-17-11-12-26(23(29)31-4-2)14-18(17)33-21(20)25-19(27)6-5-13-32-16-9-7-15(24)8-10-16/h7-10H,3-6,11-14H2,1-2H3,(H,25,27). The second-order valence-electron chi connectivity index (χ2n) is 7.25. The van der Waals surface area contributed by atoms with Crippen LogP contribution in [-0.2, 0) is 27.2 Å². The van der Waals surface area contributed by atoms with Gasteiger partial charge in [0.2, 0.25) is 5.91 Å². The number of rotatable bonds is 9. The summed E-state index contributed by atoms with van der Waals surface area (Å²) < 4.78 is 10.3. The number of fused-ring (bicyclic) bond motifs is 1. The fourth-order valence-electron chi connectivity index (χ4n) is 3.42. The first-order chi connectivity index (χ1) is 15.9. The average Bonchev–Trinajstić information content (AvgIpc) is 3.15. The van der Waals surface area contributed by atoms with E-state index >= 15 is 0 Å². The molecule has 1 aromatic carbocycles. The summed E-state index contributed by atoms with van der Waals surface area (Å²) in [5, 5.41) is 4.08. The minimum absolute atomic E-state index is 0.155. The van der Waals surface area contributed by atoms with Crippen LogP contribution in [0.25, 0.3) is 0 Å². The molecule has 2 aromatic rings. The summed E-state index contributed by atoms with van der Waals surface area (Å²) in [5.41, 5.74) is 1.25. The molecule has 178 valence electrons. The minimum Gasteiger partial charge on any atom is -0.462 e. The zero-order chi connectivity index (χ0) is 23.8. The summed E-state index contributed by atoms with van der Waals surface area (Å²) in [7, 11) is 0. The largest absolute Gasteiger partial charge is 0.462 e. The van der Waals surface area contributed by atoms with Gasteiger partial charge < -0.3 is 19.7 Å². The van der Waals surface area contributed by atoms with E-state index in [1.807, 2.05) is 24.3 Å². The van der Waals surface area contributed by atoms with Gasteiger partial charge in [-0.1, -0.05) is 11.6 Å². The number of carbonyl (C=O) groups excluding carboxylic acids is 3.